The van der Waals surface area contributed by atoms with Crippen LogP contribution < -0.4 is 0 Å². The van der Waals surface area contributed by atoms with Crippen molar-refractivity contribution in [1.29, 1.82) is 0 Å². The second-order valence-corrected chi connectivity index (χ2v) is 12.2. The first-order chi connectivity index (χ1) is 14.2. The van der Waals surface area contributed by atoms with Gasteiger partial charge in [0.25, 0.3) is 0 Å². The van der Waals surface area contributed by atoms with Crippen molar-refractivity contribution in [3.8, 4) is 0 Å². The molecule has 4 aliphatic rings. The molecule has 0 aromatic heterocycles. The van der Waals surface area contributed by atoms with Gasteiger partial charge < -0.3 is 10.3 Å². The molecule has 0 unspecified atom stereocenters. The van der Waals surface area contributed by atoms with Crippen LogP contribution in [0.5, 0.6) is 0 Å². The number of aliphatic hydroxyl groups is 1. The molecule has 30 heavy (non-hydrogen) atoms. The summed E-state index contributed by atoms with van der Waals surface area (Å²) < 4.78 is 0. The van der Waals surface area contributed by atoms with Gasteiger partial charge in [-0.15, -0.1) is 0 Å². The van der Waals surface area contributed by atoms with Crippen LogP contribution >= 0.6 is 0 Å². The maximum absolute atomic E-state index is 10.2. The van der Waals surface area contributed by atoms with Gasteiger partial charge in [-0.05, 0) is 105 Å². The molecule has 4 rings (SSSR count). The summed E-state index contributed by atoms with van der Waals surface area (Å²) in [6, 6.07) is 0. The zero-order valence-corrected chi connectivity index (χ0v) is 20.0. The molecule has 0 saturated heterocycles. The van der Waals surface area contributed by atoms with Crippen molar-refractivity contribution in [3.05, 3.63) is 11.6 Å². The summed E-state index contributed by atoms with van der Waals surface area (Å²) in [5.41, 5.74) is 3.31. The third kappa shape index (κ3) is 3.57. The normalized spacial score (nSPS) is 44.8. The molecule has 4 aliphatic carbocycles. The van der Waals surface area contributed by atoms with Gasteiger partial charge in [0.05, 0.1) is 11.8 Å². The predicted octanol–water partition coefficient (Wildman–Crippen LogP) is 6.83. The van der Waals surface area contributed by atoms with Crippen LogP contribution in [0, 0.1) is 46.3 Å². The molecule has 3 fully saturated rings. The summed E-state index contributed by atoms with van der Waals surface area (Å²) in [5, 5.41) is 23.8. The van der Waals surface area contributed by atoms with E-state index < -0.39 is 0 Å². The summed E-state index contributed by atoms with van der Waals surface area (Å²) in [4.78, 5) is 0. The van der Waals surface area contributed by atoms with Crippen molar-refractivity contribution in [1.82, 2.24) is 0 Å². The molecule has 0 aromatic rings. The fourth-order valence-electron chi connectivity index (χ4n) is 8.54. The fourth-order valence-corrected chi connectivity index (χ4v) is 8.54. The average molecular weight is 416 g/mol. The molecule has 0 amide bonds. The lowest BCUT2D eigenvalue weighted by atomic mass is 9.47. The van der Waals surface area contributed by atoms with Crippen LogP contribution in [0.25, 0.3) is 0 Å². The van der Waals surface area contributed by atoms with Gasteiger partial charge in [-0.25, -0.2) is 0 Å². The van der Waals surface area contributed by atoms with Gasteiger partial charge in [0.2, 0.25) is 0 Å². The first-order valence-electron chi connectivity index (χ1n) is 12.8. The van der Waals surface area contributed by atoms with Crippen molar-refractivity contribution in [2.24, 2.45) is 51.5 Å². The second kappa shape index (κ2) is 8.26. The maximum atomic E-state index is 10.2. The molecular weight excluding hydrogens is 370 g/mol. The lowest BCUT2D eigenvalue weighted by molar-refractivity contribution is -0.0533. The Labute approximate surface area is 184 Å². The highest BCUT2D eigenvalue weighted by Gasteiger charge is 2.59. The van der Waals surface area contributed by atoms with Crippen molar-refractivity contribution in [2.45, 2.75) is 105 Å². The van der Waals surface area contributed by atoms with E-state index >= 15 is 0 Å². The van der Waals surface area contributed by atoms with E-state index in [4.69, 9.17) is 0 Å². The SMILES string of the molecule is CC(C)CC/C(=N/O)[C@@H](C)[C@H]1CC[C@H]2[C@@H]3CC=C4C[C@@H](O)CC[C@]4(C)[C@H]3CC[C@]12C. The largest absolute Gasteiger partial charge is 0.411 e. The third-order valence-corrected chi connectivity index (χ3v) is 10.4. The van der Waals surface area contributed by atoms with Crippen LogP contribution in [0.1, 0.15) is 98.8 Å². The number of hydrogen-bond donors (Lipinski definition) is 2. The van der Waals surface area contributed by atoms with Crippen molar-refractivity contribution < 1.29 is 10.3 Å². The minimum absolute atomic E-state index is 0.117. The predicted molar refractivity (Wildman–Crippen MR) is 124 cm³/mol. The van der Waals surface area contributed by atoms with Gasteiger partial charge in [0.15, 0.2) is 0 Å². The van der Waals surface area contributed by atoms with E-state index in [9.17, 15) is 10.3 Å². The lowest BCUT2D eigenvalue weighted by Gasteiger charge is -2.58. The highest BCUT2D eigenvalue weighted by atomic mass is 16.4. The quantitative estimate of drug-likeness (QED) is 0.224. The Hall–Kier alpha value is -0.830. The highest BCUT2D eigenvalue weighted by Crippen LogP contribution is 2.67. The summed E-state index contributed by atoms with van der Waals surface area (Å²) in [6.45, 7) is 11.9. The zero-order valence-electron chi connectivity index (χ0n) is 20.0. The topological polar surface area (TPSA) is 52.8 Å². The molecular formula is C27H45NO2. The Morgan fingerprint density at radius 1 is 1.10 bits per heavy atom. The van der Waals surface area contributed by atoms with Crippen LogP contribution in [0.2, 0.25) is 0 Å². The first kappa shape index (κ1) is 22.4. The smallest absolute Gasteiger partial charge is 0.0601 e. The van der Waals surface area contributed by atoms with Crippen LogP contribution in [0.4, 0.5) is 0 Å². The second-order valence-electron chi connectivity index (χ2n) is 12.2. The van der Waals surface area contributed by atoms with E-state index in [1.165, 1.54) is 38.5 Å². The average Bonchev–Trinajstić information content (AvgIpc) is 3.05. The van der Waals surface area contributed by atoms with E-state index in [0.29, 0.717) is 28.6 Å². The Balaban J connectivity index is 1.54. The molecule has 0 heterocycles. The van der Waals surface area contributed by atoms with Crippen LogP contribution in [0.15, 0.2) is 16.8 Å². The molecule has 3 saturated carbocycles. The molecule has 0 aromatic carbocycles. The molecule has 3 heteroatoms. The van der Waals surface area contributed by atoms with Gasteiger partial charge in [-0.1, -0.05) is 51.4 Å². The lowest BCUT2D eigenvalue weighted by Crippen LogP contribution is -2.51. The molecule has 2 N–H and O–H groups in total. The molecule has 0 radical (unpaired) electrons. The van der Waals surface area contributed by atoms with E-state index in [2.05, 4.69) is 45.9 Å². The summed E-state index contributed by atoms with van der Waals surface area (Å²) >= 11 is 0. The molecule has 8 atom stereocenters. The van der Waals surface area contributed by atoms with Gasteiger partial charge in [0.1, 0.15) is 0 Å². The van der Waals surface area contributed by atoms with Gasteiger partial charge in [-0.3, -0.25) is 0 Å². The van der Waals surface area contributed by atoms with E-state index in [-0.39, 0.29) is 6.10 Å². The fraction of sp³-hybridized carbons (Fsp3) is 0.889. The molecule has 0 spiro atoms. The van der Waals surface area contributed by atoms with E-state index in [1.807, 2.05) is 0 Å². The third-order valence-electron chi connectivity index (χ3n) is 10.4. The molecule has 170 valence electrons. The molecule has 0 aliphatic heterocycles. The summed E-state index contributed by atoms with van der Waals surface area (Å²) in [7, 11) is 0. The Kier molecular flexibility index (Phi) is 6.16. The number of nitrogens with zero attached hydrogens (tertiary/aromatic N) is 1. The number of fused-ring (bicyclic) bond motifs is 5. The van der Waals surface area contributed by atoms with Gasteiger partial charge in [0, 0.05) is 5.92 Å². The van der Waals surface area contributed by atoms with Crippen molar-refractivity contribution in [3.63, 3.8) is 0 Å². The number of allylic oxidation sites excluding steroid dienone is 1. The highest BCUT2D eigenvalue weighted by molar-refractivity contribution is 5.86. The van der Waals surface area contributed by atoms with Crippen molar-refractivity contribution in [2.75, 3.05) is 0 Å². The van der Waals surface area contributed by atoms with E-state index in [1.54, 1.807) is 5.57 Å². The molecule has 3 nitrogen and oxygen atoms in total. The minimum atomic E-state index is -0.117. The first-order valence-corrected chi connectivity index (χ1v) is 12.8. The standard InChI is InChI=1S/C27H45NO2/c1-17(2)6-11-25(28-30)18(3)22-9-10-23-21-8-7-19-16-20(29)12-14-26(19,4)24(21)13-15-27(22,23)5/h7,17-18,20-24,29-30H,6,8-16H2,1-5H3/b28-25-/t18-,20-,21-,22+,23-,24-,26-,27+/m0/s1. The number of aliphatic hydroxyl groups excluding tert-OH is 1. The number of hydrogen-bond acceptors (Lipinski definition) is 3. The van der Waals surface area contributed by atoms with Crippen LogP contribution in [-0.2, 0) is 0 Å². The van der Waals surface area contributed by atoms with Gasteiger partial charge in [-0.2, -0.15) is 0 Å². The Bertz CT molecular complexity index is 697. The number of oxime groups is 1. The van der Waals surface area contributed by atoms with Crippen LogP contribution in [0.3, 0.4) is 0 Å². The Morgan fingerprint density at radius 2 is 1.87 bits per heavy atom. The summed E-state index contributed by atoms with van der Waals surface area (Å²) in [5.74, 6) is 4.08. The summed E-state index contributed by atoms with van der Waals surface area (Å²) in [6.07, 6.45) is 14.0. The maximum Gasteiger partial charge on any atom is 0.0601 e. The van der Waals surface area contributed by atoms with E-state index in [0.717, 1.165) is 49.1 Å². The monoisotopic (exact) mass is 415 g/mol. The minimum Gasteiger partial charge on any atom is -0.411 e. The zero-order chi connectivity index (χ0) is 21.7. The van der Waals surface area contributed by atoms with Crippen LogP contribution in [-0.4, -0.2) is 22.1 Å². The molecule has 0 bridgehead atoms. The van der Waals surface area contributed by atoms with Crippen molar-refractivity contribution >= 4 is 5.71 Å². The number of rotatable bonds is 5. The Morgan fingerprint density at radius 3 is 2.57 bits per heavy atom. The van der Waals surface area contributed by atoms with Gasteiger partial charge >= 0.3 is 0 Å².